The van der Waals surface area contributed by atoms with Crippen molar-refractivity contribution in [3.8, 4) is 11.3 Å². The number of hydrogen-bond donors (Lipinski definition) is 2. The molecule has 5 aliphatic rings. The normalized spacial score (nSPS) is 32.0. The number of benzene rings is 2. The van der Waals surface area contributed by atoms with Gasteiger partial charge in [-0.05, 0) is 86.0 Å². The van der Waals surface area contributed by atoms with Crippen molar-refractivity contribution in [3.63, 3.8) is 0 Å². The van der Waals surface area contributed by atoms with Gasteiger partial charge in [-0.1, -0.05) is 23.7 Å². The molecule has 0 radical (unpaired) electrons. The molecule has 190 valence electrons. The van der Waals surface area contributed by atoms with Crippen LogP contribution in [0.15, 0.2) is 53.3 Å². The van der Waals surface area contributed by atoms with Crippen LogP contribution in [0.3, 0.4) is 0 Å². The third-order valence-corrected chi connectivity index (χ3v) is 10.0. The number of anilines is 1. The van der Waals surface area contributed by atoms with Crippen LogP contribution in [0, 0.1) is 29.0 Å². The first-order chi connectivity index (χ1) is 18.0. The molecule has 2 aromatic heterocycles. The molecule has 1 aliphatic heterocycles. The van der Waals surface area contributed by atoms with E-state index in [-0.39, 0.29) is 23.3 Å². The van der Waals surface area contributed by atoms with Crippen molar-refractivity contribution in [2.24, 2.45) is 23.2 Å². The third kappa shape index (κ3) is 3.26. The Kier molecular flexibility index (Phi) is 4.67. The zero-order valence-corrected chi connectivity index (χ0v) is 21.0. The maximum atomic E-state index is 15.0. The molecule has 2 N–H and O–H groups in total. The van der Waals surface area contributed by atoms with Crippen molar-refractivity contribution in [2.75, 3.05) is 5.32 Å². The molecule has 4 aromatic rings. The molecule has 9 rings (SSSR count). The van der Waals surface area contributed by atoms with E-state index in [1.54, 1.807) is 18.6 Å². The predicted molar refractivity (Wildman–Crippen MR) is 139 cm³/mol. The van der Waals surface area contributed by atoms with Gasteiger partial charge in [0.2, 0.25) is 0 Å². The SMILES string of the molecule is OC(CC1c2c(F)cccc2-c2cncn21)C12CC3CC(C1)C(Nc1nc4cc(Cl)ccc4o1)C(C3)C2. The fourth-order valence-corrected chi connectivity index (χ4v) is 8.69. The number of hydrogen-bond acceptors (Lipinski definition) is 5. The lowest BCUT2D eigenvalue weighted by Crippen LogP contribution is -2.59. The number of imidazole rings is 1. The van der Waals surface area contributed by atoms with E-state index in [4.69, 9.17) is 16.0 Å². The lowest BCUT2D eigenvalue weighted by molar-refractivity contribution is -0.129. The van der Waals surface area contributed by atoms with Gasteiger partial charge >= 0.3 is 0 Å². The quantitative estimate of drug-likeness (QED) is 0.318. The number of aliphatic hydroxyl groups excluding tert-OH is 1. The zero-order chi connectivity index (χ0) is 24.9. The van der Waals surface area contributed by atoms with Crippen LogP contribution >= 0.6 is 11.6 Å². The Morgan fingerprint density at radius 1 is 1.19 bits per heavy atom. The highest BCUT2D eigenvalue weighted by Crippen LogP contribution is 2.63. The van der Waals surface area contributed by atoms with E-state index in [1.807, 2.05) is 28.8 Å². The topological polar surface area (TPSA) is 76.1 Å². The van der Waals surface area contributed by atoms with Gasteiger partial charge in [0.05, 0.1) is 30.4 Å². The first-order valence-electron chi connectivity index (χ1n) is 13.3. The van der Waals surface area contributed by atoms with Crippen molar-refractivity contribution < 1.29 is 13.9 Å². The molecule has 0 amide bonds. The Labute approximate surface area is 218 Å². The number of halogens is 2. The standard InChI is InChI=1S/C29H28ClFN4O2/c30-18-4-5-24-21(8-18)33-28(37-24)34-27-16-6-15-7-17(27)12-29(10-15,11-16)25(36)9-22-26-19(2-1-3-20(26)31)23-13-32-14-35(22)23/h1-5,8,13-17,22,25,27,36H,6-7,9-12H2,(H,33,34). The largest absolute Gasteiger partial charge is 0.424 e. The highest BCUT2D eigenvalue weighted by atomic mass is 35.5. The molecule has 6 nitrogen and oxygen atoms in total. The third-order valence-electron chi connectivity index (χ3n) is 9.78. The summed E-state index contributed by atoms with van der Waals surface area (Å²) in [6, 6.07) is 11.3. The van der Waals surface area contributed by atoms with Crippen molar-refractivity contribution in [1.29, 1.82) is 0 Å². The van der Waals surface area contributed by atoms with Gasteiger partial charge in [0.25, 0.3) is 6.01 Å². The molecule has 0 spiro atoms. The van der Waals surface area contributed by atoms with Crippen LogP contribution in [0.2, 0.25) is 5.02 Å². The molecule has 4 unspecified atom stereocenters. The molecule has 37 heavy (non-hydrogen) atoms. The molecular weight excluding hydrogens is 491 g/mol. The number of nitrogens with one attached hydrogen (secondary N) is 1. The zero-order valence-electron chi connectivity index (χ0n) is 20.3. The van der Waals surface area contributed by atoms with Gasteiger partial charge in [-0.15, -0.1) is 0 Å². The molecule has 8 heteroatoms. The molecule has 0 saturated heterocycles. The smallest absolute Gasteiger partial charge is 0.295 e. The fraction of sp³-hybridized carbons (Fsp3) is 0.448. The monoisotopic (exact) mass is 518 g/mol. The minimum absolute atomic E-state index is 0.127. The number of rotatable bonds is 5. The summed E-state index contributed by atoms with van der Waals surface area (Å²) in [7, 11) is 0. The van der Waals surface area contributed by atoms with Gasteiger partial charge in [0.15, 0.2) is 5.58 Å². The van der Waals surface area contributed by atoms with Crippen LogP contribution in [-0.4, -0.2) is 31.8 Å². The molecule has 4 bridgehead atoms. The van der Waals surface area contributed by atoms with Crippen LogP contribution in [0.5, 0.6) is 0 Å². The van der Waals surface area contributed by atoms with Crippen molar-refractivity contribution >= 4 is 28.7 Å². The molecule has 4 saturated carbocycles. The van der Waals surface area contributed by atoms with Crippen molar-refractivity contribution in [3.05, 3.63) is 65.3 Å². The average molecular weight is 519 g/mol. The number of aromatic nitrogens is 3. The Hall–Kier alpha value is -2.90. The van der Waals surface area contributed by atoms with Crippen LogP contribution < -0.4 is 5.32 Å². The fourth-order valence-electron chi connectivity index (χ4n) is 8.53. The second-order valence-electron chi connectivity index (χ2n) is 11.8. The molecular formula is C29H28ClFN4O2. The Balaban J connectivity index is 1.05. The Bertz CT molecular complexity index is 1520. The lowest BCUT2D eigenvalue weighted by atomic mass is 9.46. The summed E-state index contributed by atoms with van der Waals surface area (Å²) in [4.78, 5) is 8.96. The van der Waals surface area contributed by atoms with Gasteiger partial charge in [0.1, 0.15) is 11.3 Å². The number of fused-ring (bicyclic) bond motifs is 4. The van der Waals surface area contributed by atoms with E-state index in [9.17, 15) is 5.11 Å². The summed E-state index contributed by atoms with van der Waals surface area (Å²) in [5, 5.41) is 16.1. The summed E-state index contributed by atoms with van der Waals surface area (Å²) >= 11 is 6.13. The average Bonchev–Trinajstić information content (AvgIpc) is 3.57. The van der Waals surface area contributed by atoms with E-state index < -0.39 is 6.10 Å². The van der Waals surface area contributed by atoms with Gasteiger partial charge in [-0.25, -0.2) is 9.37 Å². The molecule has 4 atom stereocenters. The first-order valence-corrected chi connectivity index (χ1v) is 13.7. The summed E-state index contributed by atoms with van der Waals surface area (Å²) in [5.41, 5.74) is 3.88. The Morgan fingerprint density at radius 3 is 2.86 bits per heavy atom. The van der Waals surface area contributed by atoms with E-state index in [1.165, 1.54) is 18.9 Å². The maximum Gasteiger partial charge on any atom is 0.295 e. The van der Waals surface area contributed by atoms with Gasteiger partial charge < -0.3 is 19.4 Å². The van der Waals surface area contributed by atoms with Crippen LogP contribution in [-0.2, 0) is 0 Å². The first kappa shape index (κ1) is 22.1. The number of oxazole rings is 1. The highest BCUT2D eigenvalue weighted by Gasteiger charge is 2.58. The van der Waals surface area contributed by atoms with Crippen molar-refractivity contribution in [2.45, 2.75) is 56.7 Å². The summed E-state index contributed by atoms with van der Waals surface area (Å²) < 4.78 is 23.0. The summed E-state index contributed by atoms with van der Waals surface area (Å²) in [5.74, 6) is 1.34. The molecule has 2 aromatic carbocycles. The number of nitrogens with zero attached hydrogens (tertiary/aromatic N) is 3. The van der Waals surface area contributed by atoms with Crippen LogP contribution in [0.1, 0.15) is 50.1 Å². The van der Waals surface area contributed by atoms with Crippen LogP contribution in [0.25, 0.3) is 22.4 Å². The van der Waals surface area contributed by atoms with E-state index in [0.29, 0.717) is 40.8 Å². The Morgan fingerprint density at radius 2 is 2.03 bits per heavy atom. The highest BCUT2D eigenvalue weighted by molar-refractivity contribution is 6.31. The van der Waals surface area contributed by atoms with Gasteiger partial charge in [-0.2, -0.15) is 4.98 Å². The minimum Gasteiger partial charge on any atom is -0.424 e. The van der Waals surface area contributed by atoms with Gasteiger partial charge in [0, 0.05) is 22.2 Å². The summed E-state index contributed by atoms with van der Waals surface area (Å²) in [6.07, 6.45) is 8.92. The van der Waals surface area contributed by atoms with E-state index in [2.05, 4.69) is 15.3 Å². The van der Waals surface area contributed by atoms with E-state index >= 15 is 4.39 Å². The molecule has 4 fully saturated rings. The summed E-state index contributed by atoms with van der Waals surface area (Å²) in [6.45, 7) is 0. The molecule has 4 aliphatic carbocycles. The predicted octanol–water partition coefficient (Wildman–Crippen LogP) is 6.44. The minimum atomic E-state index is -0.501. The van der Waals surface area contributed by atoms with E-state index in [0.717, 1.165) is 41.6 Å². The van der Waals surface area contributed by atoms with Crippen LogP contribution in [0.4, 0.5) is 10.4 Å². The lowest BCUT2D eigenvalue weighted by Gasteiger charge is -2.61. The molecule has 3 heterocycles. The van der Waals surface area contributed by atoms with Gasteiger partial charge in [-0.3, -0.25) is 0 Å². The second kappa shape index (κ2) is 7.81. The van der Waals surface area contributed by atoms with Crippen molar-refractivity contribution in [1.82, 2.24) is 14.5 Å². The number of aliphatic hydroxyl groups is 1. The second-order valence-corrected chi connectivity index (χ2v) is 12.2. The maximum absolute atomic E-state index is 15.0.